The summed E-state index contributed by atoms with van der Waals surface area (Å²) in [4.78, 5) is 13.3. The Bertz CT molecular complexity index is 1360. The molecule has 7 heteroatoms. The van der Waals surface area contributed by atoms with Crippen LogP contribution in [0.3, 0.4) is 0 Å². The molecule has 146 valence electrons. The topological polar surface area (TPSA) is 69.4 Å². The summed E-state index contributed by atoms with van der Waals surface area (Å²) >= 11 is 1.31. The van der Waals surface area contributed by atoms with Crippen LogP contribution in [0.1, 0.15) is 5.56 Å². The summed E-state index contributed by atoms with van der Waals surface area (Å²) < 4.78 is 7.22. The molecule has 0 saturated heterocycles. The van der Waals surface area contributed by atoms with Crippen LogP contribution in [0.25, 0.3) is 26.8 Å². The van der Waals surface area contributed by atoms with Gasteiger partial charge in [0.05, 0.1) is 0 Å². The minimum absolute atomic E-state index is 0.282. The molecule has 0 aliphatic heterocycles. The van der Waals surface area contributed by atoms with Crippen LogP contribution in [-0.4, -0.2) is 19.8 Å². The Labute approximate surface area is 176 Å². The molecule has 5 aromatic rings. The monoisotopic (exact) mass is 412 g/mol. The Morgan fingerprint density at radius 2 is 1.57 bits per heavy atom. The molecule has 0 unspecified atom stereocenters. The number of fused-ring (bicyclic) bond motifs is 1. The van der Waals surface area contributed by atoms with Gasteiger partial charge in [-0.15, -0.1) is 10.2 Å². The molecule has 5 rings (SSSR count). The first-order valence-corrected chi connectivity index (χ1v) is 10.2. The second kappa shape index (κ2) is 7.88. The zero-order valence-corrected chi connectivity index (χ0v) is 16.6. The summed E-state index contributed by atoms with van der Waals surface area (Å²) in [5.41, 5.74) is 2.67. The van der Waals surface area contributed by atoms with Gasteiger partial charge in [-0.3, -0.25) is 4.79 Å². The van der Waals surface area contributed by atoms with Gasteiger partial charge in [0.1, 0.15) is 17.4 Å². The molecular formula is C23H16N4O2S. The molecular weight excluding hydrogens is 396 g/mol. The molecule has 0 atom stereocenters. The second-order valence-corrected chi connectivity index (χ2v) is 7.58. The summed E-state index contributed by atoms with van der Waals surface area (Å²) in [7, 11) is 0. The molecule has 0 saturated carbocycles. The minimum Gasteiger partial charge on any atom is -0.489 e. The van der Waals surface area contributed by atoms with Gasteiger partial charge in [-0.25, -0.2) is 0 Å². The highest BCUT2D eigenvalue weighted by Crippen LogP contribution is 2.28. The molecule has 3 aromatic carbocycles. The lowest BCUT2D eigenvalue weighted by molar-refractivity contribution is 0.306. The first-order valence-electron chi connectivity index (χ1n) is 9.37. The largest absolute Gasteiger partial charge is 0.489 e. The van der Waals surface area contributed by atoms with E-state index in [2.05, 4.69) is 15.3 Å². The van der Waals surface area contributed by atoms with Gasteiger partial charge in [-0.05, 0) is 17.7 Å². The Hall–Kier alpha value is -3.84. The SMILES string of the molecule is O=c1c(-c2ccccc2)nnc2sc(-c3cccc(OCc4ccccc4)c3)nn12. The van der Waals surface area contributed by atoms with E-state index in [9.17, 15) is 4.79 Å². The lowest BCUT2D eigenvalue weighted by Crippen LogP contribution is -2.19. The smallest absolute Gasteiger partial charge is 0.302 e. The number of hydrogen-bond acceptors (Lipinski definition) is 6. The quantitative estimate of drug-likeness (QED) is 0.426. The van der Waals surface area contributed by atoms with Crippen molar-refractivity contribution in [2.45, 2.75) is 6.61 Å². The van der Waals surface area contributed by atoms with Gasteiger partial charge in [-0.1, -0.05) is 84.1 Å². The van der Waals surface area contributed by atoms with E-state index in [0.29, 0.717) is 16.6 Å². The maximum Gasteiger partial charge on any atom is 0.302 e. The number of benzene rings is 3. The molecule has 0 spiro atoms. The van der Waals surface area contributed by atoms with Crippen molar-refractivity contribution < 1.29 is 4.74 Å². The Morgan fingerprint density at radius 3 is 2.37 bits per heavy atom. The van der Waals surface area contributed by atoms with E-state index in [1.54, 1.807) is 0 Å². The number of aromatic nitrogens is 4. The van der Waals surface area contributed by atoms with Crippen LogP contribution in [0.15, 0.2) is 89.7 Å². The molecule has 0 radical (unpaired) electrons. The highest BCUT2D eigenvalue weighted by molar-refractivity contribution is 7.19. The summed E-state index contributed by atoms with van der Waals surface area (Å²) in [5, 5.41) is 13.5. The molecule has 2 heterocycles. The molecule has 0 aliphatic carbocycles. The van der Waals surface area contributed by atoms with E-state index in [1.165, 1.54) is 15.9 Å². The zero-order valence-electron chi connectivity index (χ0n) is 15.8. The lowest BCUT2D eigenvalue weighted by Gasteiger charge is -2.07. The van der Waals surface area contributed by atoms with Crippen molar-refractivity contribution in [1.29, 1.82) is 0 Å². The second-order valence-electron chi connectivity index (χ2n) is 6.62. The van der Waals surface area contributed by atoms with Crippen LogP contribution in [-0.2, 0) is 6.61 Å². The fraction of sp³-hybridized carbons (Fsp3) is 0.0435. The first-order chi connectivity index (χ1) is 14.8. The van der Waals surface area contributed by atoms with Crippen molar-refractivity contribution in [3.05, 3.63) is 101 Å². The molecule has 0 fully saturated rings. The highest BCUT2D eigenvalue weighted by Gasteiger charge is 2.14. The molecule has 0 amide bonds. The number of nitrogens with zero attached hydrogens (tertiary/aromatic N) is 4. The Kier molecular flexibility index (Phi) is 4.78. The average molecular weight is 412 g/mol. The van der Waals surface area contributed by atoms with E-state index in [-0.39, 0.29) is 11.3 Å². The Morgan fingerprint density at radius 1 is 0.833 bits per heavy atom. The fourth-order valence-electron chi connectivity index (χ4n) is 3.07. The van der Waals surface area contributed by atoms with Crippen molar-refractivity contribution >= 4 is 16.3 Å². The van der Waals surface area contributed by atoms with E-state index >= 15 is 0 Å². The van der Waals surface area contributed by atoms with Gasteiger partial charge in [0.15, 0.2) is 5.69 Å². The predicted octanol–water partition coefficient (Wildman–Crippen LogP) is 4.46. The van der Waals surface area contributed by atoms with Crippen molar-refractivity contribution in [1.82, 2.24) is 19.8 Å². The standard InChI is InChI=1S/C23H16N4O2S/c28-22-20(17-10-5-2-6-11-17)24-25-23-27(22)26-21(30-23)18-12-7-13-19(14-18)29-15-16-8-3-1-4-9-16/h1-14H,15H2. The third-order valence-corrected chi connectivity index (χ3v) is 5.51. The lowest BCUT2D eigenvalue weighted by atomic mass is 10.2. The van der Waals surface area contributed by atoms with Gasteiger partial charge in [0.25, 0.3) is 0 Å². The predicted molar refractivity (Wildman–Crippen MR) is 117 cm³/mol. The van der Waals surface area contributed by atoms with E-state index in [4.69, 9.17) is 4.74 Å². The van der Waals surface area contributed by atoms with Crippen molar-refractivity contribution in [2.24, 2.45) is 0 Å². The Balaban J connectivity index is 1.46. The van der Waals surface area contributed by atoms with Gasteiger partial charge in [0, 0.05) is 11.1 Å². The summed E-state index contributed by atoms with van der Waals surface area (Å²) in [5.74, 6) is 0.735. The zero-order chi connectivity index (χ0) is 20.3. The summed E-state index contributed by atoms with van der Waals surface area (Å²) in [6.45, 7) is 0.482. The minimum atomic E-state index is -0.287. The van der Waals surface area contributed by atoms with Gasteiger partial charge >= 0.3 is 5.56 Å². The van der Waals surface area contributed by atoms with Crippen LogP contribution in [0.2, 0.25) is 0 Å². The van der Waals surface area contributed by atoms with Crippen LogP contribution in [0, 0.1) is 0 Å². The highest BCUT2D eigenvalue weighted by atomic mass is 32.1. The molecule has 0 bridgehead atoms. The molecule has 2 aromatic heterocycles. The molecule has 30 heavy (non-hydrogen) atoms. The van der Waals surface area contributed by atoms with Crippen molar-refractivity contribution in [2.75, 3.05) is 0 Å². The molecule has 0 aliphatic rings. The molecule has 6 nitrogen and oxygen atoms in total. The first kappa shape index (κ1) is 18.2. The van der Waals surface area contributed by atoms with E-state index in [1.807, 2.05) is 84.9 Å². The maximum atomic E-state index is 12.9. The van der Waals surface area contributed by atoms with Crippen LogP contribution in [0.4, 0.5) is 0 Å². The number of ether oxygens (including phenoxy) is 1. The summed E-state index contributed by atoms with van der Waals surface area (Å²) in [6, 6.07) is 26.9. The van der Waals surface area contributed by atoms with E-state index in [0.717, 1.165) is 22.4 Å². The molecule has 0 N–H and O–H groups in total. The van der Waals surface area contributed by atoms with Crippen molar-refractivity contribution in [3.63, 3.8) is 0 Å². The summed E-state index contributed by atoms with van der Waals surface area (Å²) in [6.07, 6.45) is 0. The maximum absolute atomic E-state index is 12.9. The third kappa shape index (κ3) is 3.58. The van der Waals surface area contributed by atoms with Crippen LogP contribution < -0.4 is 10.3 Å². The number of hydrogen-bond donors (Lipinski definition) is 0. The van der Waals surface area contributed by atoms with Gasteiger partial charge in [0.2, 0.25) is 4.96 Å². The third-order valence-electron chi connectivity index (χ3n) is 4.57. The normalized spacial score (nSPS) is 10.9. The number of rotatable bonds is 5. The van der Waals surface area contributed by atoms with Gasteiger partial charge in [-0.2, -0.15) is 9.61 Å². The van der Waals surface area contributed by atoms with Gasteiger partial charge < -0.3 is 4.74 Å². The van der Waals surface area contributed by atoms with Crippen molar-refractivity contribution in [3.8, 4) is 27.6 Å². The average Bonchev–Trinajstić information content (AvgIpc) is 3.25. The van der Waals surface area contributed by atoms with Crippen LogP contribution in [0.5, 0.6) is 5.75 Å². The van der Waals surface area contributed by atoms with E-state index < -0.39 is 0 Å². The van der Waals surface area contributed by atoms with Crippen LogP contribution >= 0.6 is 11.3 Å². The fourth-order valence-corrected chi connectivity index (χ4v) is 3.90.